The van der Waals surface area contributed by atoms with Gasteiger partial charge in [-0.1, -0.05) is 67.5 Å². The van der Waals surface area contributed by atoms with Gasteiger partial charge in [-0.3, -0.25) is 14.6 Å². The molecule has 3 fully saturated rings. The lowest BCUT2D eigenvalue weighted by Crippen LogP contribution is -2.79. The van der Waals surface area contributed by atoms with E-state index < -0.39 is 40.5 Å². The third kappa shape index (κ3) is 5.59. The van der Waals surface area contributed by atoms with Gasteiger partial charge in [0.15, 0.2) is 22.8 Å². The van der Waals surface area contributed by atoms with E-state index in [0.717, 1.165) is 35.1 Å². The Morgan fingerprint density at radius 2 is 1.71 bits per heavy atom. The first kappa shape index (κ1) is 39.8. The number of carbonyl (C=O) groups excluding carboxylic acids is 3. The second-order valence-corrected chi connectivity index (χ2v) is 18.0. The molecule has 304 valence electrons. The van der Waals surface area contributed by atoms with Crippen LogP contribution in [0.4, 0.5) is 0 Å². The van der Waals surface area contributed by atoms with Gasteiger partial charge in [-0.15, -0.1) is 0 Å². The van der Waals surface area contributed by atoms with Crippen molar-refractivity contribution in [1.29, 1.82) is 0 Å². The molecule has 1 N–H and O–H groups in total. The highest BCUT2D eigenvalue weighted by molar-refractivity contribution is 6.30. The standard InChI is InChI=1S/C49H55NO8/c1-25(2)14-13-21-47(8)22-20-32-42(57-47)31(18-17-26(3)4)44-37(43(32)55-9)40-38-35(36-39(50-40)29-15-11-12-16-30(29)41(36)51)33-24-34(27(5)6)49(38,58-44)48(54,45(33)52)23-19-28(7)46(53)56-10/h11-12,14-17,19-20,22,27,33-36,54H,13,18,21,23-24H2,1-10H3/b28-19-. The number of fused-ring (bicyclic) bond motifs is 8. The van der Waals surface area contributed by atoms with Gasteiger partial charge in [0.2, 0.25) is 0 Å². The molecular formula is C49H55NO8. The van der Waals surface area contributed by atoms with Crippen LogP contribution < -0.4 is 14.2 Å². The molecule has 0 aromatic heterocycles. The zero-order valence-electron chi connectivity index (χ0n) is 35.4. The van der Waals surface area contributed by atoms with Crippen LogP contribution in [0.2, 0.25) is 0 Å². The average Bonchev–Trinajstić information content (AvgIpc) is 3.47. The van der Waals surface area contributed by atoms with E-state index in [1.165, 1.54) is 12.7 Å². The normalized spacial score (nSPS) is 29.7. The molecule has 7 unspecified atom stereocenters. The largest absolute Gasteiger partial charge is 0.495 e. The Hall–Kier alpha value is -5.02. The Morgan fingerprint density at radius 3 is 2.36 bits per heavy atom. The molecule has 58 heavy (non-hydrogen) atoms. The zero-order chi connectivity index (χ0) is 41.6. The summed E-state index contributed by atoms with van der Waals surface area (Å²) in [6.45, 7) is 16.1. The van der Waals surface area contributed by atoms with Crippen molar-refractivity contribution in [1.82, 2.24) is 0 Å². The number of aliphatic hydroxyl groups is 1. The highest BCUT2D eigenvalue weighted by atomic mass is 16.5. The molecule has 9 heteroatoms. The van der Waals surface area contributed by atoms with Gasteiger partial charge in [0, 0.05) is 52.0 Å². The van der Waals surface area contributed by atoms with Gasteiger partial charge in [0.1, 0.15) is 22.8 Å². The summed E-state index contributed by atoms with van der Waals surface area (Å²) in [7, 11) is 2.94. The number of hydrogen-bond donors (Lipinski definition) is 1. The number of methoxy groups -OCH3 is 2. The molecule has 4 aliphatic carbocycles. The van der Waals surface area contributed by atoms with Crippen molar-refractivity contribution < 1.29 is 38.4 Å². The summed E-state index contributed by atoms with van der Waals surface area (Å²) in [5.41, 5.74) is 3.50. The van der Waals surface area contributed by atoms with Gasteiger partial charge in [0.05, 0.1) is 42.7 Å². The number of Topliss-reactive ketones (excluding diaryl/α,β-unsaturated/α-hetero) is 2. The smallest absolute Gasteiger partial charge is 0.333 e. The maximum Gasteiger partial charge on any atom is 0.333 e. The first-order chi connectivity index (χ1) is 27.5. The molecule has 2 aromatic rings. The molecule has 0 radical (unpaired) electrons. The van der Waals surface area contributed by atoms with Gasteiger partial charge in [-0.05, 0) is 85.3 Å². The highest BCUT2D eigenvalue weighted by Crippen LogP contribution is 2.70. The van der Waals surface area contributed by atoms with E-state index in [1.807, 2.05) is 38.1 Å². The number of rotatable bonds is 10. The first-order valence-electron chi connectivity index (χ1n) is 20.6. The lowest BCUT2D eigenvalue weighted by Gasteiger charge is -2.66. The Balaban J connectivity index is 1.48. The number of ketones is 2. The van der Waals surface area contributed by atoms with Crippen LogP contribution in [-0.2, 0) is 20.7 Å². The number of hydrogen-bond acceptors (Lipinski definition) is 9. The number of nitrogens with zero attached hydrogens (tertiary/aromatic N) is 1. The summed E-state index contributed by atoms with van der Waals surface area (Å²) in [5, 5.41) is 13.5. The van der Waals surface area contributed by atoms with Crippen LogP contribution in [0.15, 0.2) is 75.9 Å². The van der Waals surface area contributed by atoms with E-state index in [-0.39, 0.29) is 35.4 Å². The monoisotopic (exact) mass is 785 g/mol. The van der Waals surface area contributed by atoms with Crippen molar-refractivity contribution in [2.45, 2.75) is 104 Å². The van der Waals surface area contributed by atoms with Gasteiger partial charge in [-0.25, -0.2) is 4.79 Å². The maximum atomic E-state index is 15.3. The Morgan fingerprint density at radius 1 is 1.00 bits per heavy atom. The van der Waals surface area contributed by atoms with Crippen molar-refractivity contribution in [3.05, 3.63) is 98.7 Å². The van der Waals surface area contributed by atoms with E-state index in [0.29, 0.717) is 58.2 Å². The van der Waals surface area contributed by atoms with E-state index in [2.05, 4.69) is 58.9 Å². The minimum Gasteiger partial charge on any atom is -0.495 e. The molecular weight excluding hydrogens is 731 g/mol. The average molecular weight is 786 g/mol. The van der Waals surface area contributed by atoms with E-state index in [4.69, 9.17) is 23.9 Å². The minimum absolute atomic E-state index is 0.0655. The number of allylic oxidation sites excluding steroid dienone is 4. The van der Waals surface area contributed by atoms with E-state index in [1.54, 1.807) is 20.1 Å². The van der Waals surface area contributed by atoms with Gasteiger partial charge in [0.25, 0.3) is 0 Å². The van der Waals surface area contributed by atoms with Crippen LogP contribution in [0.1, 0.15) is 114 Å². The van der Waals surface area contributed by atoms with Crippen LogP contribution in [-0.4, -0.2) is 59.4 Å². The molecule has 2 aromatic carbocycles. The fourth-order valence-corrected chi connectivity index (χ4v) is 10.8. The molecule has 0 saturated heterocycles. The van der Waals surface area contributed by atoms with Gasteiger partial charge < -0.3 is 24.1 Å². The Bertz CT molecular complexity index is 2350. The van der Waals surface area contributed by atoms with Crippen LogP contribution in [0.25, 0.3) is 11.8 Å². The number of ether oxygens (including phenoxy) is 4. The van der Waals surface area contributed by atoms with Crippen LogP contribution in [0.5, 0.6) is 17.2 Å². The lowest BCUT2D eigenvalue weighted by molar-refractivity contribution is -0.212. The molecule has 9 rings (SSSR count). The van der Waals surface area contributed by atoms with Gasteiger partial charge >= 0.3 is 5.97 Å². The molecule has 3 saturated carbocycles. The topological polar surface area (TPSA) is 121 Å². The molecule has 3 heterocycles. The van der Waals surface area contributed by atoms with E-state index in [9.17, 15) is 14.7 Å². The summed E-state index contributed by atoms with van der Waals surface area (Å²) < 4.78 is 26.2. The number of esters is 1. The third-order valence-corrected chi connectivity index (χ3v) is 13.5. The van der Waals surface area contributed by atoms with Crippen LogP contribution >= 0.6 is 0 Å². The fraction of sp³-hybridized carbons (Fsp3) is 0.469. The predicted octanol–water partition coefficient (Wildman–Crippen LogP) is 9.00. The summed E-state index contributed by atoms with van der Waals surface area (Å²) in [5.74, 6) is -1.93. The second kappa shape index (κ2) is 14.1. The maximum absolute atomic E-state index is 15.3. The lowest BCUT2D eigenvalue weighted by atomic mass is 9.42. The number of carbonyl (C=O) groups is 3. The Labute approximate surface area is 341 Å². The fourth-order valence-electron chi connectivity index (χ4n) is 10.8. The molecule has 0 amide bonds. The van der Waals surface area contributed by atoms with Crippen molar-refractivity contribution in [2.75, 3.05) is 14.2 Å². The molecule has 9 nitrogen and oxygen atoms in total. The third-order valence-electron chi connectivity index (χ3n) is 13.5. The van der Waals surface area contributed by atoms with Crippen molar-refractivity contribution in [2.24, 2.45) is 34.6 Å². The zero-order valence-corrected chi connectivity index (χ0v) is 35.4. The minimum atomic E-state index is -2.13. The van der Waals surface area contributed by atoms with Gasteiger partial charge in [-0.2, -0.15) is 0 Å². The number of aliphatic imine (C=N–C) groups is 1. The Kier molecular flexibility index (Phi) is 9.65. The van der Waals surface area contributed by atoms with E-state index >= 15 is 4.79 Å². The van der Waals surface area contributed by atoms with Crippen LogP contribution in [0.3, 0.4) is 0 Å². The molecule has 2 bridgehead atoms. The number of benzene rings is 2. The predicted molar refractivity (Wildman–Crippen MR) is 224 cm³/mol. The molecule has 7 aliphatic rings. The van der Waals surface area contributed by atoms with Crippen molar-refractivity contribution in [3.63, 3.8) is 0 Å². The van der Waals surface area contributed by atoms with Crippen LogP contribution in [0, 0.1) is 29.6 Å². The highest BCUT2D eigenvalue weighted by Gasteiger charge is 2.77. The molecule has 3 aliphatic heterocycles. The summed E-state index contributed by atoms with van der Waals surface area (Å²) in [6, 6.07) is 7.53. The second-order valence-electron chi connectivity index (χ2n) is 18.0. The quantitative estimate of drug-likeness (QED) is 0.144. The summed E-state index contributed by atoms with van der Waals surface area (Å²) in [6.07, 6.45) is 12.3. The summed E-state index contributed by atoms with van der Waals surface area (Å²) in [4.78, 5) is 48.1. The molecule has 7 atom stereocenters. The van der Waals surface area contributed by atoms with Crippen molar-refractivity contribution >= 4 is 35.0 Å². The molecule has 1 spiro atoms. The SMILES string of the molecule is COC(=O)/C(C)=C\CC1(O)C(=O)C2CC(C(C)C)C13Oc1c(CC=C(C)C)c4c(c(OC)c1C1=C3C2C2C(=O)c3ccccc3C2=N1)C=CC(C)(CCC=C(C)C)O4. The van der Waals surface area contributed by atoms with Crippen molar-refractivity contribution in [3.8, 4) is 17.2 Å². The first-order valence-corrected chi connectivity index (χ1v) is 20.6. The summed E-state index contributed by atoms with van der Waals surface area (Å²) >= 11 is 0.